The van der Waals surface area contributed by atoms with Crippen LogP contribution in [0.5, 0.6) is 5.88 Å². The lowest BCUT2D eigenvalue weighted by atomic mass is 9.96. The molecule has 0 aliphatic rings. The molecule has 10 heteroatoms. The largest absolute Gasteiger partial charge is 0.461 e. The fourth-order valence-electron chi connectivity index (χ4n) is 5.12. The van der Waals surface area contributed by atoms with E-state index >= 15 is 0 Å². The number of benzene rings is 1. The summed E-state index contributed by atoms with van der Waals surface area (Å²) in [5, 5.41) is 16.0. The Morgan fingerprint density at radius 3 is 2.05 bits per heavy atom. The average Bonchev–Trinajstić information content (AvgIpc) is 3.55. The van der Waals surface area contributed by atoms with Crippen LogP contribution >= 0.6 is 23.2 Å². The van der Waals surface area contributed by atoms with Gasteiger partial charge in [-0.25, -0.2) is 4.52 Å². The van der Waals surface area contributed by atoms with Crippen LogP contribution < -0.4 is 10.1 Å². The standard InChI is InChI=1S/C32H50Cl2N6O2/c1-5-8-10-12-14-16-22-39(23-17-15-13-11-9-6-2)31(41)32(4,7-3)35-24-42-30-27(34)29-37-36-28(40(29)38-30)25-18-20-26(33)21-19-25/h18-21,35,38H,5-17,22-24H2,1-4H3. The smallest absolute Gasteiger partial charge is 0.242 e. The summed E-state index contributed by atoms with van der Waals surface area (Å²) < 4.78 is 7.70. The molecule has 0 saturated heterocycles. The number of aromatic amines is 1. The molecule has 0 fully saturated rings. The molecule has 2 aromatic heterocycles. The number of carbonyl (C=O) groups is 1. The minimum atomic E-state index is -0.750. The first-order chi connectivity index (χ1) is 20.3. The van der Waals surface area contributed by atoms with Gasteiger partial charge in [0, 0.05) is 23.7 Å². The number of carbonyl (C=O) groups excluding carboxylic acids is 1. The molecule has 42 heavy (non-hydrogen) atoms. The van der Waals surface area contributed by atoms with Crippen molar-refractivity contribution in [2.24, 2.45) is 0 Å². The van der Waals surface area contributed by atoms with E-state index in [-0.39, 0.29) is 12.6 Å². The van der Waals surface area contributed by atoms with Crippen molar-refractivity contribution in [3.8, 4) is 17.3 Å². The third kappa shape index (κ3) is 9.61. The van der Waals surface area contributed by atoms with Gasteiger partial charge in [0.25, 0.3) is 0 Å². The number of fused-ring (bicyclic) bond motifs is 1. The molecule has 1 amide bonds. The van der Waals surface area contributed by atoms with Crippen molar-refractivity contribution in [2.45, 2.75) is 117 Å². The minimum absolute atomic E-state index is 0.116. The van der Waals surface area contributed by atoms with E-state index in [1.807, 2.05) is 26.0 Å². The molecule has 0 spiro atoms. The molecule has 1 aromatic carbocycles. The number of H-pyrrole nitrogens is 1. The summed E-state index contributed by atoms with van der Waals surface area (Å²) in [5.41, 5.74) is 0.559. The van der Waals surface area contributed by atoms with E-state index in [0.29, 0.717) is 33.8 Å². The Labute approximate surface area is 261 Å². The number of rotatable bonds is 21. The lowest BCUT2D eigenvalue weighted by Gasteiger charge is -2.35. The molecule has 2 N–H and O–H groups in total. The minimum Gasteiger partial charge on any atom is -0.461 e. The number of amides is 1. The molecule has 234 valence electrons. The summed E-state index contributed by atoms with van der Waals surface area (Å²) in [6, 6.07) is 7.34. The van der Waals surface area contributed by atoms with Gasteiger partial charge in [-0.2, -0.15) is 0 Å². The predicted molar refractivity (Wildman–Crippen MR) is 173 cm³/mol. The molecule has 1 atom stereocenters. The van der Waals surface area contributed by atoms with E-state index in [9.17, 15) is 4.79 Å². The lowest BCUT2D eigenvalue weighted by Crippen LogP contribution is -2.57. The van der Waals surface area contributed by atoms with E-state index in [4.69, 9.17) is 27.9 Å². The van der Waals surface area contributed by atoms with Gasteiger partial charge in [0.15, 0.2) is 11.5 Å². The van der Waals surface area contributed by atoms with Crippen LogP contribution in [0.3, 0.4) is 0 Å². The zero-order valence-corrected chi connectivity index (χ0v) is 27.5. The third-order valence-corrected chi connectivity index (χ3v) is 8.68. The van der Waals surface area contributed by atoms with Crippen molar-refractivity contribution < 1.29 is 9.53 Å². The second kappa shape index (κ2) is 17.7. The molecule has 0 aliphatic heterocycles. The lowest BCUT2D eigenvalue weighted by molar-refractivity contribution is -0.138. The molecular weight excluding hydrogens is 571 g/mol. The number of ether oxygens (including phenoxy) is 1. The molecule has 8 nitrogen and oxygen atoms in total. The molecular formula is C32H50Cl2N6O2. The fraction of sp³-hybridized carbons (Fsp3) is 0.656. The first kappa shape index (κ1) is 34.2. The summed E-state index contributed by atoms with van der Waals surface area (Å²) >= 11 is 12.6. The topological polar surface area (TPSA) is 87.6 Å². The van der Waals surface area contributed by atoms with Gasteiger partial charge in [0.05, 0.1) is 5.54 Å². The number of halogens is 2. The molecule has 2 heterocycles. The Hall–Kier alpha value is -2.29. The van der Waals surface area contributed by atoms with Gasteiger partial charge in [-0.1, -0.05) is 108 Å². The van der Waals surface area contributed by atoms with Crippen molar-refractivity contribution in [3.05, 3.63) is 34.3 Å². The summed E-state index contributed by atoms with van der Waals surface area (Å²) in [7, 11) is 0. The first-order valence-electron chi connectivity index (χ1n) is 15.9. The highest BCUT2D eigenvalue weighted by Crippen LogP contribution is 2.30. The predicted octanol–water partition coefficient (Wildman–Crippen LogP) is 8.68. The quantitative estimate of drug-likeness (QED) is 0.0918. The van der Waals surface area contributed by atoms with E-state index in [2.05, 4.69) is 39.4 Å². The maximum absolute atomic E-state index is 13.9. The Morgan fingerprint density at radius 1 is 0.905 bits per heavy atom. The van der Waals surface area contributed by atoms with Crippen LogP contribution in [0.2, 0.25) is 10.0 Å². The maximum atomic E-state index is 13.9. The Kier molecular flexibility index (Phi) is 14.4. The second-order valence-electron chi connectivity index (χ2n) is 11.4. The summed E-state index contributed by atoms with van der Waals surface area (Å²) in [5.74, 6) is 1.10. The van der Waals surface area contributed by atoms with Crippen LogP contribution in [-0.2, 0) is 4.79 Å². The van der Waals surface area contributed by atoms with Crippen LogP contribution in [0.1, 0.15) is 111 Å². The zero-order valence-electron chi connectivity index (χ0n) is 26.0. The van der Waals surface area contributed by atoms with Gasteiger partial charge in [0.1, 0.15) is 11.8 Å². The van der Waals surface area contributed by atoms with Crippen LogP contribution in [0.15, 0.2) is 24.3 Å². The first-order valence-corrected chi connectivity index (χ1v) is 16.7. The van der Waals surface area contributed by atoms with Gasteiger partial charge in [-0.3, -0.25) is 15.2 Å². The van der Waals surface area contributed by atoms with Crippen LogP contribution in [-0.4, -0.2) is 56.0 Å². The Bertz CT molecular complexity index is 1200. The van der Waals surface area contributed by atoms with Crippen molar-refractivity contribution in [2.75, 3.05) is 19.8 Å². The van der Waals surface area contributed by atoms with Gasteiger partial charge in [-0.05, 0) is 50.5 Å². The summed E-state index contributed by atoms with van der Waals surface area (Å²) in [4.78, 5) is 16.0. The monoisotopic (exact) mass is 620 g/mol. The molecule has 0 aliphatic carbocycles. The molecule has 3 aromatic rings. The number of hydrogen-bond acceptors (Lipinski definition) is 5. The van der Waals surface area contributed by atoms with Crippen LogP contribution in [0.25, 0.3) is 17.0 Å². The molecule has 3 rings (SSSR count). The highest BCUT2D eigenvalue weighted by molar-refractivity contribution is 6.34. The number of nitrogens with one attached hydrogen (secondary N) is 2. The van der Waals surface area contributed by atoms with E-state index < -0.39 is 5.54 Å². The van der Waals surface area contributed by atoms with E-state index in [1.165, 1.54) is 64.2 Å². The van der Waals surface area contributed by atoms with Gasteiger partial charge in [-0.15, -0.1) is 10.2 Å². The zero-order chi connectivity index (χ0) is 30.4. The van der Waals surface area contributed by atoms with Gasteiger partial charge in [0.2, 0.25) is 11.8 Å². The fourth-order valence-corrected chi connectivity index (χ4v) is 5.46. The number of hydrogen-bond donors (Lipinski definition) is 2. The number of aromatic nitrogens is 4. The molecule has 0 saturated carbocycles. The third-order valence-electron chi connectivity index (χ3n) is 8.08. The maximum Gasteiger partial charge on any atom is 0.242 e. The van der Waals surface area contributed by atoms with Crippen LogP contribution in [0, 0.1) is 0 Å². The van der Waals surface area contributed by atoms with Crippen LogP contribution in [0.4, 0.5) is 0 Å². The summed E-state index contributed by atoms with van der Waals surface area (Å²) in [6.07, 6.45) is 15.1. The van der Waals surface area contributed by atoms with Crippen molar-refractivity contribution in [3.63, 3.8) is 0 Å². The number of nitrogens with zero attached hydrogens (tertiary/aromatic N) is 4. The highest BCUT2D eigenvalue weighted by atomic mass is 35.5. The Morgan fingerprint density at radius 2 is 1.48 bits per heavy atom. The Balaban J connectivity index is 1.62. The molecule has 0 radical (unpaired) electrons. The molecule has 0 bridgehead atoms. The van der Waals surface area contributed by atoms with Crippen molar-refractivity contribution in [1.82, 2.24) is 30.0 Å². The normalized spacial score (nSPS) is 13.0. The number of unbranched alkanes of at least 4 members (excludes halogenated alkanes) is 10. The van der Waals surface area contributed by atoms with E-state index in [0.717, 1.165) is 31.5 Å². The molecule has 1 unspecified atom stereocenters. The van der Waals surface area contributed by atoms with Crippen molar-refractivity contribution in [1.29, 1.82) is 0 Å². The van der Waals surface area contributed by atoms with Gasteiger partial charge < -0.3 is 9.64 Å². The SMILES string of the molecule is CCCCCCCCN(CCCCCCCC)C(=O)C(C)(CC)NCOc1[nH]n2c(-c3ccc(Cl)cc3)nnc2c1Cl. The van der Waals surface area contributed by atoms with Crippen molar-refractivity contribution >= 4 is 34.8 Å². The summed E-state index contributed by atoms with van der Waals surface area (Å²) in [6.45, 7) is 10.2. The average molecular weight is 622 g/mol. The van der Waals surface area contributed by atoms with Gasteiger partial charge >= 0.3 is 0 Å². The van der Waals surface area contributed by atoms with E-state index in [1.54, 1.807) is 16.6 Å². The second-order valence-corrected chi connectivity index (χ2v) is 12.2. The highest BCUT2D eigenvalue weighted by Gasteiger charge is 2.34.